The molecule has 4 atom stereocenters. The van der Waals surface area contributed by atoms with Gasteiger partial charge in [0.15, 0.2) is 5.82 Å². The van der Waals surface area contributed by atoms with E-state index in [1.54, 1.807) is 50.2 Å². The fourth-order valence-corrected chi connectivity index (χ4v) is 7.60. The third-order valence-corrected chi connectivity index (χ3v) is 10.7. The molecule has 10 N–H and O–H groups in total. The van der Waals surface area contributed by atoms with Crippen LogP contribution < -0.4 is 47.9 Å². The van der Waals surface area contributed by atoms with Crippen molar-refractivity contribution in [2.75, 3.05) is 46.4 Å². The van der Waals surface area contributed by atoms with Gasteiger partial charge in [0.2, 0.25) is 23.6 Å². The van der Waals surface area contributed by atoms with Crippen molar-refractivity contribution in [3.05, 3.63) is 99.9 Å². The maximum Gasteiger partial charge on any atom is 0.255 e. The fourth-order valence-electron chi connectivity index (χ4n) is 7.60. The maximum atomic E-state index is 14.7. The van der Waals surface area contributed by atoms with Crippen LogP contribution >= 0.6 is 0 Å². The molecule has 1 aromatic heterocycles. The largest absolute Gasteiger partial charge is 0.492 e. The number of aryl methyl sites for hydroxylation is 2. The maximum absolute atomic E-state index is 14.7. The average Bonchev–Trinajstić information content (AvgIpc) is 3.28. The number of hydrogen-bond donors (Lipinski definition) is 7. The lowest BCUT2D eigenvalue weighted by molar-refractivity contribution is -0.141. The van der Waals surface area contributed by atoms with Gasteiger partial charge in [-0.25, -0.2) is 9.97 Å². The van der Waals surface area contributed by atoms with E-state index < -0.39 is 53.7 Å². The molecule has 3 aromatic carbocycles. The van der Waals surface area contributed by atoms with Gasteiger partial charge in [0.25, 0.3) is 5.91 Å². The standard InChI is InChI=1S/C48H59N11O7/c1-27(2)23-31-7-10-33(11-8-31)43-54-28(3)41(29(4)55-43)46(62)57-37(15-16-49)48(64)59(6)42-34-12-14-40(66-22-19-52)36(26-34)35-24-32(9-13-39(35)65-21-18-51)25-38(45(61)53-20-17-50)58-44(60)30(5)56-47(42)63/h7-14,23-24,26,30,37-38,42H,15-16,18-22,25,49,51-52H2,1-6H3,(H,53,61)(H,56,63)(H,57,62)(H,58,60)/t30-,37-,38-,42-/m0/s1. The molecule has 0 unspecified atom stereocenters. The van der Waals surface area contributed by atoms with Crippen LogP contribution in [0.25, 0.3) is 28.6 Å². The van der Waals surface area contributed by atoms with E-state index in [1.807, 2.05) is 44.2 Å². The Morgan fingerprint density at radius 1 is 0.894 bits per heavy atom. The zero-order chi connectivity index (χ0) is 48.1. The number of ether oxygens (including phenoxy) is 2. The Balaban J connectivity index is 1.57. The van der Waals surface area contributed by atoms with Gasteiger partial charge >= 0.3 is 0 Å². The van der Waals surface area contributed by atoms with E-state index in [4.69, 9.17) is 31.9 Å². The van der Waals surface area contributed by atoms with Crippen LogP contribution in [-0.2, 0) is 25.6 Å². The van der Waals surface area contributed by atoms with Gasteiger partial charge in [0.1, 0.15) is 55.4 Å². The van der Waals surface area contributed by atoms with E-state index in [9.17, 15) is 24.0 Å². The molecule has 0 spiro atoms. The predicted octanol–water partition coefficient (Wildman–Crippen LogP) is 2.36. The second-order valence-electron chi connectivity index (χ2n) is 16.1. The number of carbonyl (C=O) groups is 5. The molecule has 0 saturated heterocycles. The van der Waals surface area contributed by atoms with Crippen molar-refractivity contribution >= 4 is 35.6 Å². The van der Waals surface area contributed by atoms with Crippen LogP contribution in [0, 0.1) is 25.2 Å². The third-order valence-electron chi connectivity index (χ3n) is 10.7. The first kappa shape index (κ1) is 49.8. The molecule has 2 heterocycles. The lowest BCUT2D eigenvalue weighted by Crippen LogP contribution is -2.56. The summed E-state index contributed by atoms with van der Waals surface area (Å²) in [5.41, 5.74) is 23.5. The van der Waals surface area contributed by atoms with Gasteiger partial charge in [0, 0.05) is 43.2 Å². The molecule has 5 amide bonds. The van der Waals surface area contributed by atoms with Gasteiger partial charge < -0.3 is 52.8 Å². The molecule has 5 rings (SSSR count). The molecule has 18 nitrogen and oxygen atoms in total. The second-order valence-corrected chi connectivity index (χ2v) is 16.1. The van der Waals surface area contributed by atoms with Crippen LogP contribution in [0.4, 0.5) is 0 Å². The zero-order valence-electron chi connectivity index (χ0n) is 38.2. The highest BCUT2D eigenvalue weighted by Gasteiger charge is 2.36. The lowest BCUT2D eigenvalue weighted by atomic mass is 9.93. The van der Waals surface area contributed by atoms with Crippen molar-refractivity contribution < 1.29 is 33.4 Å². The number of nitrogens with zero attached hydrogens (tertiary/aromatic N) is 4. The van der Waals surface area contributed by atoms with Gasteiger partial charge in [-0.1, -0.05) is 48.0 Å². The molecule has 4 bridgehead atoms. The van der Waals surface area contributed by atoms with Crippen molar-refractivity contribution in [3.63, 3.8) is 0 Å². The summed E-state index contributed by atoms with van der Waals surface area (Å²) in [6.45, 7) is 9.21. The van der Waals surface area contributed by atoms with Crippen molar-refractivity contribution in [2.24, 2.45) is 17.2 Å². The molecule has 1 aliphatic rings. The third kappa shape index (κ3) is 12.3. The normalized spacial score (nSPS) is 16.3. The van der Waals surface area contributed by atoms with E-state index in [2.05, 4.69) is 37.3 Å². The Hall–Kier alpha value is -7.20. The predicted molar refractivity (Wildman–Crippen MR) is 250 cm³/mol. The Kier molecular flexibility index (Phi) is 17.5. The van der Waals surface area contributed by atoms with E-state index >= 15 is 0 Å². The zero-order valence-corrected chi connectivity index (χ0v) is 38.2. The van der Waals surface area contributed by atoms with Crippen molar-refractivity contribution in [2.45, 2.75) is 71.6 Å². The Morgan fingerprint density at radius 2 is 1.52 bits per heavy atom. The number of allylic oxidation sites excluding steroid dienone is 1. The number of hydrogen-bond acceptors (Lipinski definition) is 13. The number of aromatic nitrogens is 2. The van der Waals surface area contributed by atoms with Gasteiger partial charge in [-0.15, -0.1) is 0 Å². The van der Waals surface area contributed by atoms with E-state index in [-0.39, 0.29) is 57.8 Å². The molecular weight excluding hydrogens is 843 g/mol. The number of fused-ring (bicyclic) bond motifs is 5. The summed E-state index contributed by atoms with van der Waals surface area (Å²) in [5, 5.41) is 19.9. The fraction of sp³-hybridized carbons (Fsp3) is 0.375. The molecule has 0 saturated carbocycles. The monoisotopic (exact) mass is 901 g/mol. The van der Waals surface area contributed by atoms with E-state index in [0.29, 0.717) is 51.0 Å². The summed E-state index contributed by atoms with van der Waals surface area (Å²) in [7, 11) is 1.41. The van der Waals surface area contributed by atoms with Crippen LogP contribution in [0.5, 0.6) is 11.5 Å². The molecule has 66 heavy (non-hydrogen) atoms. The number of likely N-dealkylation sites (N-methyl/N-ethyl adjacent to an activating group) is 1. The minimum absolute atomic E-state index is 0.000627. The molecule has 0 fully saturated rings. The number of benzene rings is 3. The summed E-state index contributed by atoms with van der Waals surface area (Å²) in [5.74, 6) is -2.15. The Bertz CT molecular complexity index is 2480. The summed E-state index contributed by atoms with van der Waals surface area (Å²) >= 11 is 0. The average molecular weight is 902 g/mol. The highest BCUT2D eigenvalue weighted by molar-refractivity contribution is 6.00. The molecule has 18 heteroatoms. The molecular formula is C48H59N11O7. The van der Waals surface area contributed by atoms with Crippen molar-refractivity contribution in [3.8, 4) is 40.1 Å². The molecule has 348 valence electrons. The topological polar surface area (TPSA) is 283 Å². The van der Waals surface area contributed by atoms with Crippen molar-refractivity contribution in [1.29, 1.82) is 5.26 Å². The number of rotatable bonds is 16. The minimum Gasteiger partial charge on any atom is -0.492 e. The lowest BCUT2D eigenvalue weighted by Gasteiger charge is -2.32. The first-order chi connectivity index (χ1) is 31.6. The van der Waals surface area contributed by atoms with Gasteiger partial charge in [0.05, 0.1) is 23.0 Å². The second kappa shape index (κ2) is 23.1. The van der Waals surface area contributed by atoms with Crippen LogP contribution in [0.3, 0.4) is 0 Å². The molecule has 1 aliphatic heterocycles. The first-order valence-corrected chi connectivity index (χ1v) is 21.7. The summed E-state index contributed by atoms with van der Waals surface area (Å²) in [4.78, 5) is 81.0. The van der Waals surface area contributed by atoms with Crippen molar-refractivity contribution in [1.82, 2.24) is 36.1 Å². The van der Waals surface area contributed by atoms with Gasteiger partial charge in [-0.05, 0) is 88.5 Å². The molecule has 0 aliphatic carbocycles. The minimum atomic E-state index is -1.41. The van der Waals surface area contributed by atoms with Crippen LogP contribution in [0.1, 0.15) is 71.7 Å². The number of nitriles is 1. The first-order valence-electron chi connectivity index (χ1n) is 21.7. The molecule has 4 aromatic rings. The Morgan fingerprint density at radius 3 is 2.11 bits per heavy atom. The summed E-state index contributed by atoms with van der Waals surface area (Å²) < 4.78 is 12.2. The Labute approximate surface area is 384 Å². The summed E-state index contributed by atoms with van der Waals surface area (Å²) in [6.07, 6.45) is 2.05. The van der Waals surface area contributed by atoms with Crippen LogP contribution in [0.15, 0.2) is 66.2 Å². The SMILES string of the molecule is CC(C)=Cc1ccc(-c2nc(C)c(C(=O)N[C@@H](CCN)C(=O)N(C)[C@@H]3C(=O)N[C@@H](C)C(=O)N[C@H](C(=O)NCC#N)Cc4ccc(OCCN)c(c4)-c4cc3ccc4OCCN)c(C)n2)cc1. The number of nitrogens with one attached hydrogen (secondary N) is 4. The number of amides is 5. The van der Waals surface area contributed by atoms with Crippen LogP contribution in [-0.4, -0.2) is 109 Å². The van der Waals surface area contributed by atoms with E-state index in [0.717, 1.165) is 16.7 Å². The smallest absolute Gasteiger partial charge is 0.255 e. The van der Waals surface area contributed by atoms with Crippen LogP contribution in [0.2, 0.25) is 0 Å². The summed E-state index contributed by atoms with van der Waals surface area (Å²) in [6, 6.07) is 14.8. The number of nitrogens with two attached hydrogens (primary N) is 3. The van der Waals surface area contributed by atoms with Gasteiger partial charge in [-0.3, -0.25) is 24.0 Å². The molecule has 0 radical (unpaired) electrons. The number of carbonyl (C=O) groups excluding carboxylic acids is 5. The highest BCUT2D eigenvalue weighted by atomic mass is 16.5. The van der Waals surface area contributed by atoms with Gasteiger partial charge in [-0.2, -0.15) is 5.26 Å². The highest BCUT2D eigenvalue weighted by Crippen LogP contribution is 2.40. The quantitative estimate of drug-likeness (QED) is 0.0797. The van der Waals surface area contributed by atoms with E-state index in [1.165, 1.54) is 18.9 Å².